The highest BCUT2D eigenvalue weighted by Crippen LogP contribution is 2.25. The summed E-state index contributed by atoms with van der Waals surface area (Å²) in [5.74, 6) is -0.351. The first kappa shape index (κ1) is 17.0. The molecule has 0 unspecified atom stereocenters. The van der Waals surface area contributed by atoms with E-state index in [-0.39, 0.29) is 22.9 Å². The molecular formula is C17H16ClN3O4. The molecule has 1 N–H and O–H groups in total. The van der Waals surface area contributed by atoms with Crippen molar-refractivity contribution in [1.82, 2.24) is 4.90 Å². The van der Waals surface area contributed by atoms with E-state index < -0.39 is 4.92 Å². The van der Waals surface area contributed by atoms with Crippen LogP contribution in [0.25, 0.3) is 0 Å². The molecule has 1 heterocycles. The standard InChI is InChI=1S/C17H16ClN3O4/c18-12-1-6-16(22)15(11-12)17(23)20-9-7-19(8-10-20)13-2-4-14(5-3-13)21(24)25/h1-6,11,22H,7-10H2. The molecule has 0 saturated carbocycles. The first-order chi connectivity index (χ1) is 12.0. The largest absolute Gasteiger partial charge is 0.507 e. The van der Waals surface area contributed by atoms with Crippen LogP contribution >= 0.6 is 11.6 Å². The maximum Gasteiger partial charge on any atom is 0.269 e. The maximum atomic E-state index is 12.5. The van der Waals surface area contributed by atoms with Gasteiger partial charge in [-0.15, -0.1) is 0 Å². The molecule has 0 spiro atoms. The van der Waals surface area contributed by atoms with E-state index in [1.54, 1.807) is 17.0 Å². The average Bonchev–Trinajstić information content (AvgIpc) is 2.63. The van der Waals surface area contributed by atoms with Crippen molar-refractivity contribution in [1.29, 1.82) is 0 Å². The second kappa shape index (κ2) is 6.98. The van der Waals surface area contributed by atoms with Gasteiger partial charge in [-0.05, 0) is 30.3 Å². The molecule has 3 rings (SSSR count). The van der Waals surface area contributed by atoms with Crippen molar-refractivity contribution in [3.8, 4) is 5.75 Å². The topological polar surface area (TPSA) is 86.9 Å². The Morgan fingerprint density at radius 2 is 1.72 bits per heavy atom. The number of phenols is 1. The summed E-state index contributed by atoms with van der Waals surface area (Å²) in [5.41, 5.74) is 1.12. The van der Waals surface area contributed by atoms with Crippen molar-refractivity contribution in [2.24, 2.45) is 0 Å². The van der Waals surface area contributed by atoms with Gasteiger partial charge in [0.05, 0.1) is 10.5 Å². The van der Waals surface area contributed by atoms with Crippen LogP contribution in [-0.4, -0.2) is 47.0 Å². The zero-order valence-electron chi connectivity index (χ0n) is 13.3. The van der Waals surface area contributed by atoms with E-state index in [1.807, 2.05) is 0 Å². The number of carbonyl (C=O) groups excluding carboxylic acids is 1. The minimum absolute atomic E-state index is 0.0500. The van der Waals surface area contributed by atoms with Gasteiger partial charge in [0, 0.05) is 49.0 Å². The van der Waals surface area contributed by atoms with Crippen LogP contribution in [0.15, 0.2) is 42.5 Å². The fraction of sp³-hybridized carbons (Fsp3) is 0.235. The Morgan fingerprint density at radius 1 is 1.08 bits per heavy atom. The highest BCUT2D eigenvalue weighted by Gasteiger charge is 2.24. The summed E-state index contributed by atoms with van der Waals surface area (Å²) in [5, 5.41) is 21.0. The molecular weight excluding hydrogens is 346 g/mol. The number of halogens is 1. The predicted octanol–water partition coefficient (Wildman–Crippen LogP) is 2.92. The molecule has 1 fully saturated rings. The number of rotatable bonds is 3. The van der Waals surface area contributed by atoms with Crippen LogP contribution in [0.1, 0.15) is 10.4 Å². The number of nitro groups is 1. The van der Waals surface area contributed by atoms with E-state index in [2.05, 4.69) is 4.90 Å². The average molecular weight is 362 g/mol. The van der Waals surface area contributed by atoms with Gasteiger partial charge in [-0.3, -0.25) is 14.9 Å². The summed E-state index contributed by atoms with van der Waals surface area (Å²) in [6.07, 6.45) is 0. The van der Waals surface area contributed by atoms with Crippen molar-refractivity contribution in [3.63, 3.8) is 0 Å². The lowest BCUT2D eigenvalue weighted by Gasteiger charge is -2.36. The lowest BCUT2D eigenvalue weighted by molar-refractivity contribution is -0.384. The summed E-state index contributed by atoms with van der Waals surface area (Å²) < 4.78 is 0. The van der Waals surface area contributed by atoms with Crippen molar-refractivity contribution in [2.75, 3.05) is 31.1 Å². The maximum absolute atomic E-state index is 12.5. The van der Waals surface area contributed by atoms with Gasteiger partial charge in [-0.25, -0.2) is 0 Å². The van der Waals surface area contributed by atoms with E-state index in [0.717, 1.165) is 5.69 Å². The second-order valence-electron chi connectivity index (χ2n) is 5.71. The highest BCUT2D eigenvalue weighted by atomic mass is 35.5. The van der Waals surface area contributed by atoms with Gasteiger partial charge in [-0.2, -0.15) is 0 Å². The monoisotopic (exact) mass is 361 g/mol. The Balaban J connectivity index is 1.66. The summed E-state index contributed by atoms with van der Waals surface area (Å²) in [6, 6.07) is 10.7. The number of nitro benzene ring substituents is 1. The summed E-state index contributed by atoms with van der Waals surface area (Å²) >= 11 is 5.90. The Bertz CT molecular complexity index is 802. The zero-order chi connectivity index (χ0) is 18.0. The molecule has 2 aromatic carbocycles. The molecule has 1 amide bonds. The fourth-order valence-corrected chi connectivity index (χ4v) is 2.97. The van der Waals surface area contributed by atoms with Gasteiger partial charge in [0.15, 0.2) is 0 Å². The molecule has 1 aliphatic heterocycles. The van der Waals surface area contributed by atoms with Crippen molar-refractivity contribution in [2.45, 2.75) is 0 Å². The number of anilines is 1. The Hall–Kier alpha value is -2.80. The van der Waals surface area contributed by atoms with Crippen LogP contribution < -0.4 is 4.90 Å². The van der Waals surface area contributed by atoms with E-state index in [9.17, 15) is 20.0 Å². The molecule has 2 aromatic rings. The minimum atomic E-state index is -0.433. The normalized spacial score (nSPS) is 14.4. The Kier molecular flexibility index (Phi) is 4.76. The minimum Gasteiger partial charge on any atom is -0.507 e. The van der Waals surface area contributed by atoms with Gasteiger partial charge < -0.3 is 14.9 Å². The second-order valence-corrected chi connectivity index (χ2v) is 6.15. The van der Waals surface area contributed by atoms with E-state index in [1.165, 1.54) is 30.3 Å². The third-order valence-electron chi connectivity index (χ3n) is 4.18. The van der Waals surface area contributed by atoms with Gasteiger partial charge in [-0.1, -0.05) is 11.6 Å². The van der Waals surface area contributed by atoms with Crippen molar-refractivity contribution < 1.29 is 14.8 Å². The summed E-state index contributed by atoms with van der Waals surface area (Å²) in [4.78, 5) is 26.5. The number of aromatic hydroxyl groups is 1. The number of amides is 1. The third kappa shape index (κ3) is 3.66. The highest BCUT2D eigenvalue weighted by molar-refractivity contribution is 6.31. The quantitative estimate of drug-likeness (QED) is 0.671. The van der Waals surface area contributed by atoms with Crippen LogP contribution in [0.4, 0.5) is 11.4 Å². The van der Waals surface area contributed by atoms with Crippen LogP contribution in [0, 0.1) is 10.1 Å². The molecule has 130 valence electrons. The Labute approximate surface area is 149 Å². The SMILES string of the molecule is O=C(c1cc(Cl)ccc1O)N1CCN(c2ccc([N+](=O)[O-])cc2)CC1. The van der Waals surface area contributed by atoms with Crippen LogP contribution in [0.5, 0.6) is 5.75 Å². The van der Waals surface area contributed by atoms with E-state index >= 15 is 0 Å². The summed E-state index contributed by atoms with van der Waals surface area (Å²) in [6.45, 7) is 2.18. The van der Waals surface area contributed by atoms with Crippen molar-refractivity contribution in [3.05, 3.63) is 63.2 Å². The molecule has 0 radical (unpaired) electrons. The number of non-ortho nitro benzene ring substituents is 1. The predicted molar refractivity (Wildman–Crippen MR) is 94.3 cm³/mol. The number of nitrogens with zero attached hydrogens (tertiary/aromatic N) is 3. The first-order valence-corrected chi connectivity index (χ1v) is 8.10. The molecule has 7 nitrogen and oxygen atoms in total. The van der Waals surface area contributed by atoms with Crippen LogP contribution in [0.2, 0.25) is 5.02 Å². The lowest BCUT2D eigenvalue weighted by atomic mass is 10.1. The third-order valence-corrected chi connectivity index (χ3v) is 4.42. The molecule has 0 bridgehead atoms. The molecule has 0 aromatic heterocycles. The molecule has 0 aliphatic carbocycles. The smallest absolute Gasteiger partial charge is 0.269 e. The molecule has 1 saturated heterocycles. The zero-order valence-corrected chi connectivity index (χ0v) is 14.0. The van der Waals surface area contributed by atoms with Gasteiger partial charge >= 0.3 is 0 Å². The molecule has 8 heteroatoms. The van der Waals surface area contributed by atoms with Crippen LogP contribution in [0.3, 0.4) is 0 Å². The number of hydrogen-bond donors (Lipinski definition) is 1. The number of carbonyl (C=O) groups is 1. The van der Waals surface area contributed by atoms with E-state index in [4.69, 9.17) is 11.6 Å². The molecule has 1 aliphatic rings. The lowest BCUT2D eigenvalue weighted by Crippen LogP contribution is -2.48. The van der Waals surface area contributed by atoms with E-state index in [0.29, 0.717) is 31.2 Å². The van der Waals surface area contributed by atoms with Gasteiger partial charge in [0.2, 0.25) is 0 Å². The molecule has 25 heavy (non-hydrogen) atoms. The number of hydrogen-bond acceptors (Lipinski definition) is 5. The number of benzene rings is 2. The first-order valence-electron chi connectivity index (χ1n) is 7.73. The van der Waals surface area contributed by atoms with Gasteiger partial charge in [0.25, 0.3) is 11.6 Å². The number of piperazine rings is 1. The molecule has 0 atom stereocenters. The summed E-state index contributed by atoms with van der Waals surface area (Å²) in [7, 11) is 0. The van der Waals surface area contributed by atoms with Crippen LogP contribution in [-0.2, 0) is 0 Å². The van der Waals surface area contributed by atoms with Crippen molar-refractivity contribution >= 4 is 28.9 Å². The van der Waals surface area contributed by atoms with Gasteiger partial charge in [0.1, 0.15) is 5.75 Å². The fourth-order valence-electron chi connectivity index (χ4n) is 2.80. The Morgan fingerprint density at radius 3 is 2.32 bits per heavy atom. The number of phenolic OH excluding ortho intramolecular Hbond substituents is 1.